The lowest BCUT2D eigenvalue weighted by Crippen LogP contribution is -2.31. The van der Waals surface area contributed by atoms with Crippen molar-refractivity contribution < 1.29 is 9.59 Å². The fourth-order valence-electron chi connectivity index (χ4n) is 3.31. The summed E-state index contributed by atoms with van der Waals surface area (Å²) in [4.78, 5) is 28.8. The van der Waals surface area contributed by atoms with Gasteiger partial charge in [0.15, 0.2) is 0 Å². The maximum Gasteiger partial charge on any atom is 0.264 e. The SMILES string of the molecule is Cc1ccccc1/C=C1\Sc2ccc(C(=O)NCc3ccc(Cl)cc3)cc2N(C)C1=O. The number of nitrogens with zero attached hydrogens (tertiary/aromatic N) is 1. The molecule has 1 heterocycles. The van der Waals surface area contributed by atoms with Crippen LogP contribution >= 0.6 is 23.4 Å². The highest BCUT2D eigenvalue weighted by molar-refractivity contribution is 8.04. The number of amides is 2. The van der Waals surface area contributed by atoms with Crippen LogP contribution in [0.15, 0.2) is 76.5 Å². The van der Waals surface area contributed by atoms with Crippen LogP contribution in [-0.2, 0) is 11.3 Å². The smallest absolute Gasteiger partial charge is 0.264 e. The van der Waals surface area contributed by atoms with Crippen LogP contribution in [-0.4, -0.2) is 18.9 Å². The molecule has 1 aliphatic heterocycles. The number of benzene rings is 3. The molecule has 0 spiro atoms. The molecule has 3 aromatic carbocycles. The highest BCUT2D eigenvalue weighted by Crippen LogP contribution is 2.42. The Morgan fingerprint density at radius 1 is 1.10 bits per heavy atom. The summed E-state index contributed by atoms with van der Waals surface area (Å²) < 4.78 is 0. The number of carbonyl (C=O) groups is 2. The van der Waals surface area contributed by atoms with E-state index in [-0.39, 0.29) is 11.8 Å². The van der Waals surface area contributed by atoms with Crippen LogP contribution in [0.4, 0.5) is 5.69 Å². The summed E-state index contributed by atoms with van der Waals surface area (Å²) in [6, 6.07) is 20.8. The molecule has 0 aliphatic carbocycles. The van der Waals surface area contributed by atoms with Crippen molar-refractivity contribution in [3.63, 3.8) is 0 Å². The molecular weight excluding hydrogens is 428 g/mol. The van der Waals surface area contributed by atoms with Crippen molar-refractivity contribution in [2.24, 2.45) is 0 Å². The summed E-state index contributed by atoms with van der Waals surface area (Å²) in [5.41, 5.74) is 4.35. The van der Waals surface area contributed by atoms with Crippen LogP contribution < -0.4 is 10.2 Å². The Hall–Kier alpha value is -3.02. The minimum Gasteiger partial charge on any atom is -0.348 e. The molecule has 0 saturated carbocycles. The van der Waals surface area contributed by atoms with Gasteiger partial charge in [-0.3, -0.25) is 9.59 Å². The lowest BCUT2D eigenvalue weighted by molar-refractivity contribution is -0.114. The third-order valence-corrected chi connectivity index (χ3v) is 6.49. The predicted molar refractivity (Wildman–Crippen MR) is 127 cm³/mol. The Bertz CT molecular complexity index is 1190. The predicted octanol–water partition coefficient (Wildman–Crippen LogP) is 5.69. The Labute approximate surface area is 190 Å². The average Bonchev–Trinajstić information content (AvgIpc) is 2.78. The van der Waals surface area contributed by atoms with Crippen LogP contribution in [0.5, 0.6) is 0 Å². The molecule has 0 saturated heterocycles. The topological polar surface area (TPSA) is 49.4 Å². The third-order valence-electron chi connectivity index (χ3n) is 5.16. The van der Waals surface area contributed by atoms with Crippen molar-refractivity contribution in [3.8, 4) is 0 Å². The van der Waals surface area contributed by atoms with E-state index in [1.54, 1.807) is 36.2 Å². The number of fused-ring (bicyclic) bond motifs is 1. The Balaban J connectivity index is 1.54. The first-order valence-electron chi connectivity index (χ1n) is 9.82. The van der Waals surface area contributed by atoms with Gasteiger partial charge in [-0.2, -0.15) is 0 Å². The van der Waals surface area contributed by atoms with Crippen molar-refractivity contribution >= 4 is 46.9 Å². The van der Waals surface area contributed by atoms with Crippen molar-refractivity contribution in [1.29, 1.82) is 0 Å². The summed E-state index contributed by atoms with van der Waals surface area (Å²) in [7, 11) is 1.74. The minimum atomic E-state index is -0.190. The quantitative estimate of drug-likeness (QED) is 0.522. The third kappa shape index (κ3) is 4.68. The number of thioether (sulfide) groups is 1. The largest absolute Gasteiger partial charge is 0.348 e. The number of hydrogen-bond donors (Lipinski definition) is 1. The molecular formula is C25H21ClN2O2S. The van der Waals surface area contributed by atoms with Gasteiger partial charge in [0.2, 0.25) is 0 Å². The van der Waals surface area contributed by atoms with E-state index in [2.05, 4.69) is 5.32 Å². The molecule has 3 aromatic rings. The number of halogens is 1. The fraction of sp³-hybridized carbons (Fsp3) is 0.120. The van der Waals surface area contributed by atoms with E-state index < -0.39 is 0 Å². The number of carbonyl (C=O) groups excluding carboxylic acids is 2. The van der Waals surface area contributed by atoms with Gasteiger partial charge in [-0.1, -0.05) is 59.8 Å². The average molecular weight is 449 g/mol. The van der Waals surface area contributed by atoms with E-state index >= 15 is 0 Å². The van der Waals surface area contributed by atoms with Crippen LogP contribution in [0.25, 0.3) is 6.08 Å². The summed E-state index contributed by atoms with van der Waals surface area (Å²) in [6.07, 6.45) is 1.93. The van der Waals surface area contributed by atoms with Gasteiger partial charge in [-0.05, 0) is 60.0 Å². The zero-order valence-electron chi connectivity index (χ0n) is 17.2. The lowest BCUT2D eigenvalue weighted by atomic mass is 10.1. The molecule has 4 rings (SSSR count). The van der Waals surface area contributed by atoms with Gasteiger partial charge in [-0.25, -0.2) is 0 Å². The molecule has 0 radical (unpaired) electrons. The second-order valence-corrected chi connectivity index (χ2v) is 8.84. The molecule has 31 heavy (non-hydrogen) atoms. The van der Waals surface area contributed by atoms with Gasteiger partial charge in [-0.15, -0.1) is 0 Å². The molecule has 6 heteroatoms. The first kappa shape index (κ1) is 21.2. The molecule has 0 bridgehead atoms. The van der Waals surface area contributed by atoms with Crippen molar-refractivity contribution in [2.45, 2.75) is 18.4 Å². The molecule has 1 N–H and O–H groups in total. The molecule has 4 nitrogen and oxygen atoms in total. The van der Waals surface area contributed by atoms with Gasteiger partial charge >= 0.3 is 0 Å². The van der Waals surface area contributed by atoms with Crippen molar-refractivity contribution in [1.82, 2.24) is 5.32 Å². The molecule has 0 aromatic heterocycles. The van der Waals surface area contributed by atoms with Crippen LogP contribution in [0, 0.1) is 6.92 Å². The van der Waals surface area contributed by atoms with Crippen molar-refractivity contribution in [3.05, 3.63) is 98.9 Å². The number of aryl methyl sites for hydroxylation is 1. The van der Waals surface area contributed by atoms with Crippen LogP contribution in [0.3, 0.4) is 0 Å². The number of rotatable bonds is 4. The van der Waals surface area contributed by atoms with Crippen molar-refractivity contribution in [2.75, 3.05) is 11.9 Å². The highest BCUT2D eigenvalue weighted by Gasteiger charge is 2.27. The number of nitrogens with one attached hydrogen (secondary N) is 1. The summed E-state index contributed by atoms with van der Waals surface area (Å²) in [5.74, 6) is -0.274. The van der Waals surface area contributed by atoms with E-state index in [9.17, 15) is 9.59 Å². The van der Waals surface area contributed by atoms with E-state index in [1.807, 2.05) is 55.5 Å². The minimum absolute atomic E-state index is 0.0838. The van der Waals surface area contributed by atoms with E-state index in [1.165, 1.54) is 11.8 Å². The molecule has 0 unspecified atom stereocenters. The molecule has 1 aliphatic rings. The van der Waals surface area contributed by atoms with Crippen LogP contribution in [0.2, 0.25) is 5.02 Å². The summed E-state index contributed by atoms with van der Waals surface area (Å²) in [5, 5.41) is 3.57. The monoisotopic (exact) mass is 448 g/mol. The van der Waals surface area contributed by atoms with Gasteiger partial charge in [0.1, 0.15) is 0 Å². The van der Waals surface area contributed by atoms with Crippen LogP contribution in [0.1, 0.15) is 27.0 Å². The van der Waals surface area contributed by atoms with Gasteiger partial charge in [0, 0.05) is 29.1 Å². The zero-order chi connectivity index (χ0) is 22.0. The Morgan fingerprint density at radius 2 is 1.84 bits per heavy atom. The Morgan fingerprint density at radius 3 is 2.58 bits per heavy atom. The molecule has 0 atom stereocenters. The standard InChI is InChI=1S/C25H21ClN2O2S/c1-16-5-3-4-6-18(16)14-23-25(30)28(2)21-13-19(9-12-22(21)31-23)24(29)27-15-17-7-10-20(26)11-8-17/h3-14H,15H2,1-2H3,(H,27,29)/b23-14-. The summed E-state index contributed by atoms with van der Waals surface area (Å²) in [6.45, 7) is 2.43. The second-order valence-electron chi connectivity index (χ2n) is 7.32. The summed E-state index contributed by atoms with van der Waals surface area (Å²) >= 11 is 7.33. The Kier molecular flexibility index (Phi) is 6.16. The molecule has 2 amide bonds. The number of hydrogen-bond acceptors (Lipinski definition) is 3. The van der Waals surface area contributed by atoms with E-state index in [0.29, 0.717) is 22.0 Å². The van der Waals surface area contributed by atoms with Gasteiger partial charge in [0.05, 0.1) is 10.6 Å². The molecule has 156 valence electrons. The maximum atomic E-state index is 12.9. The van der Waals surface area contributed by atoms with Gasteiger partial charge in [0.25, 0.3) is 11.8 Å². The lowest BCUT2D eigenvalue weighted by Gasteiger charge is -2.27. The van der Waals surface area contributed by atoms with E-state index in [0.717, 1.165) is 27.3 Å². The zero-order valence-corrected chi connectivity index (χ0v) is 18.8. The van der Waals surface area contributed by atoms with Gasteiger partial charge < -0.3 is 10.2 Å². The first-order chi connectivity index (χ1) is 14.9. The normalized spacial score (nSPS) is 14.5. The van der Waals surface area contributed by atoms with E-state index in [4.69, 9.17) is 11.6 Å². The second kappa shape index (κ2) is 9.00. The highest BCUT2D eigenvalue weighted by atomic mass is 35.5. The fourth-order valence-corrected chi connectivity index (χ4v) is 4.52. The first-order valence-corrected chi connectivity index (χ1v) is 11.0. The number of anilines is 1. The maximum absolute atomic E-state index is 12.9. The molecule has 0 fully saturated rings. The number of likely N-dealkylation sites (N-methyl/N-ethyl adjacent to an activating group) is 1.